The van der Waals surface area contributed by atoms with Gasteiger partial charge in [0, 0.05) is 37.3 Å². The summed E-state index contributed by atoms with van der Waals surface area (Å²) in [4.78, 5) is 13.5. The number of nitrogens with zero attached hydrogens (tertiary/aromatic N) is 2. The minimum Gasteiger partial charge on any atom is -0.492 e. The lowest BCUT2D eigenvalue weighted by Gasteiger charge is -2.31. The number of carboxylic acid groups (broad SMARTS) is 1. The van der Waals surface area contributed by atoms with Gasteiger partial charge in [0.2, 0.25) is 0 Å². The highest BCUT2D eigenvalue weighted by atomic mass is 16.5. The van der Waals surface area contributed by atoms with Crippen molar-refractivity contribution in [1.29, 1.82) is 0 Å². The topological polar surface area (TPSA) is 73.2 Å². The lowest BCUT2D eigenvalue weighted by Crippen LogP contribution is -2.35. The lowest BCUT2D eigenvalue weighted by molar-refractivity contribution is 0.0670. The maximum absolute atomic E-state index is 11.1. The van der Waals surface area contributed by atoms with E-state index >= 15 is 0 Å². The summed E-state index contributed by atoms with van der Waals surface area (Å²) in [7, 11) is 1.69. The largest absolute Gasteiger partial charge is 0.492 e. The van der Waals surface area contributed by atoms with Crippen LogP contribution in [0.15, 0.2) is 54.7 Å². The van der Waals surface area contributed by atoms with Gasteiger partial charge in [-0.1, -0.05) is 24.3 Å². The van der Waals surface area contributed by atoms with E-state index in [-0.39, 0.29) is 5.56 Å². The van der Waals surface area contributed by atoms with Gasteiger partial charge < -0.3 is 23.9 Å². The molecular formula is C27H34N2O5. The fourth-order valence-electron chi connectivity index (χ4n) is 4.67. The number of piperidine rings is 1. The first-order valence-corrected chi connectivity index (χ1v) is 12.0. The molecule has 1 saturated heterocycles. The first-order chi connectivity index (χ1) is 16.7. The van der Waals surface area contributed by atoms with Gasteiger partial charge in [-0.05, 0) is 61.7 Å². The molecule has 1 fully saturated rings. The third-order valence-corrected chi connectivity index (χ3v) is 6.51. The summed E-state index contributed by atoms with van der Waals surface area (Å²) in [6, 6.07) is 15.3. The standard InChI is InChI=1S/C27H34N2O5/c1-32-17-18-33-15-14-29-20-25(24-7-2-3-8-26(24)29)21-9-11-28(12-10-21)13-16-34-23-6-4-5-22(19-23)27(30)31/h2-8,19-21H,9-18H2,1H3,(H,30,31). The highest BCUT2D eigenvalue weighted by Crippen LogP contribution is 2.34. The quantitative estimate of drug-likeness (QED) is 0.402. The van der Waals surface area contributed by atoms with Gasteiger partial charge in [-0.25, -0.2) is 4.79 Å². The second-order valence-corrected chi connectivity index (χ2v) is 8.70. The van der Waals surface area contributed by atoms with Crippen molar-refractivity contribution in [2.75, 3.05) is 53.2 Å². The second-order valence-electron chi connectivity index (χ2n) is 8.70. The molecule has 1 aromatic heterocycles. The Balaban J connectivity index is 1.29. The smallest absolute Gasteiger partial charge is 0.335 e. The zero-order valence-electron chi connectivity index (χ0n) is 19.8. The Hall–Kier alpha value is -2.87. The molecule has 0 spiro atoms. The summed E-state index contributed by atoms with van der Waals surface area (Å²) >= 11 is 0. The number of likely N-dealkylation sites (tertiary alicyclic amines) is 1. The molecule has 4 rings (SSSR count). The maximum Gasteiger partial charge on any atom is 0.335 e. The monoisotopic (exact) mass is 466 g/mol. The molecule has 1 aliphatic rings. The predicted molar refractivity (Wildman–Crippen MR) is 132 cm³/mol. The number of ether oxygens (including phenoxy) is 3. The normalized spacial score (nSPS) is 15.1. The van der Waals surface area contributed by atoms with Crippen LogP contribution in [0.2, 0.25) is 0 Å². The molecule has 182 valence electrons. The van der Waals surface area contributed by atoms with E-state index in [2.05, 4.69) is 39.9 Å². The number of hydrogen-bond donors (Lipinski definition) is 1. The molecule has 1 N–H and O–H groups in total. The van der Waals surface area contributed by atoms with Crippen LogP contribution in [-0.4, -0.2) is 73.7 Å². The molecular weight excluding hydrogens is 432 g/mol. The fraction of sp³-hybridized carbons (Fsp3) is 0.444. The Morgan fingerprint density at radius 3 is 2.62 bits per heavy atom. The van der Waals surface area contributed by atoms with Crippen LogP contribution in [0, 0.1) is 0 Å². The average molecular weight is 467 g/mol. The van der Waals surface area contributed by atoms with Crippen molar-refractivity contribution in [3.8, 4) is 5.75 Å². The van der Waals surface area contributed by atoms with Crippen LogP contribution in [0.3, 0.4) is 0 Å². The molecule has 0 amide bonds. The van der Waals surface area contributed by atoms with E-state index in [9.17, 15) is 4.79 Å². The minimum atomic E-state index is -0.938. The number of benzene rings is 2. The zero-order valence-corrected chi connectivity index (χ0v) is 19.8. The SMILES string of the molecule is COCCOCCn1cc(C2CCN(CCOc3cccc(C(=O)O)c3)CC2)c2ccccc21. The second kappa shape index (κ2) is 12.0. The first kappa shape index (κ1) is 24.3. The van der Waals surface area contributed by atoms with Crippen LogP contribution in [0.25, 0.3) is 10.9 Å². The van der Waals surface area contributed by atoms with Crippen molar-refractivity contribution in [3.05, 3.63) is 65.9 Å². The molecule has 0 saturated carbocycles. The number of para-hydroxylation sites is 1. The van der Waals surface area contributed by atoms with E-state index < -0.39 is 5.97 Å². The Morgan fingerprint density at radius 2 is 1.82 bits per heavy atom. The van der Waals surface area contributed by atoms with Gasteiger partial charge in [0.15, 0.2) is 0 Å². The van der Waals surface area contributed by atoms with Gasteiger partial charge in [-0.2, -0.15) is 0 Å². The van der Waals surface area contributed by atoms with Crippen molar-refractivity contribution < 1.29 is 24.1 Å². The third kappa shape index (κ3) is 6.17. The summed E-state index contributed by atoms with van der Waals surface area (Å²) in [5.74, 6) is 0.214. The number of hydrogen-bond acceptors (Lipinski definition) is 5. The summed E-state index contributed by atoms with van der Waals surface area (Å²) in [6.45, 7) is 6.21. The van der Waals surface area contributed by atoms with Crippen LogP contribution in [-0.2, 0) is 16.0 Å². The zero-order chi connectivity index (χ0) is 23.8. The predicted octanol–water partition coefficient (Wildman–Crippen LogP) is 4.26. The van der Waals surface area contributed by atoms with Crippen LogP contribution >= 0.6 is 0 Å². The Bertz CT molecular complexity index is 1070. The first-order valence-electron chi connectivity index (χ1n) is 12.0. The van der Waals surface area contributed by atoms with E-state index in [0.717, 1.165) is 39.0 Å². The highest BCUT2D eigenvalue weighted by molar-refractivity contribution is 5.88. The Labute approximate surface area is 200 Å². The number of methoxy groups -OCH3 is 1. The molecule has 0 atom stereocenters. The summed E-state index contributed by atoms with van der Waals surface area (Å²) in [5, 5.41) is 10.5. The number of carbonyl (C=O) groups is 1. The molecule has 2 heterocycles. The number of fused-ring (bicyclic) bond motifs is 1. The van der Waals surface area contributed by atoms with Crippen molar-refractivity contribution in [3.63, 3.8) is 0 Å². The molecule has 7 heteroatoms. The molecule has 3 aromatic rings. The van der Waals surface area contributed by atoms with Crippen LogP contribution < -0.4 is 4.74 Å². The molecule has 0 bridgehead atoms. The Morgan fingerprint density at radius 1 is 1.00 bits per heavy atom. The number of rotatable bonds is 12. The summed E-state index contributed by atoms with van der Waals surface area (Å²) in [6.07, 6.45) is 4.56. The Kier molecular flexibility index (Phi) is 8.57. The molecule has 0 aliphatic carbocycles. The van der Waals surface area contributed by atoms with E-state index in [0.29, 0.717) is 38.1 Å². The van der Waals surface area contributed by atoms with Gasteiger partial charge in [0.25, 0.3) is 0 Å². The van der Waals surface area contributed by atoms with Crippen molar-refractivity contribution in [2.45, 2.75) is 25.3 Å². The van der Waals surface area contributed by atoms with E-state index in [1.165, 1.54) is 16.5 Å². The molecule has 34 heavy (non-hydrogen) atoms. The molecule has 0 unspecified atom stereocenters. The van der Waals surface area contributed by atoms with Crippen molar-refractivity contribution in [1.82, 2.24) is 9.47 Å². The van der Waals surface area contributed by atoms with E-state index in [4.69, 9.17) is 19.3 Å². The molecule has 0 radical (unpaired) electrons. The lowest BCUT2D eigenvalue weighted by atomic mass is 9.89. The van der Waals surface area contributed by atoms with E-state index in [1.54, 1.807) is 31.4 Å². The van der Waals surface area contributed by atoms with Gasteiger partial charge in [0.05, 0.1) is 25.4 Å². The van der Waals surface area contributed by atoms with Crippen LogP contribution in [0.5, 0.6) is 5.75 Å². The van der Waals surface area contributed by atoms with Gasteiger partial charge in [-0.3, -0.25) is 4.90 Å². The number of carboxylic acids is 1. The van der Waals surface area contributed by atoms with Gasteiger partial charge in [-0.15, -0.1) is 0 Å². The highest BCUT2D eigenvalue weighted by Gasteiger charge is 2.23. The van der Waals surface area contributed by atoms with Crippen molar-refractivity contribution in [2.24, 2.45) is 0 Å². The molecule has 2 aromatic carbocycles. The van der Waals surface area contributed by atoms with Crippen LogP contribution in [0.1, 0.15) is 34.7 Å². The molecule has 7 nitrogen and oxygen atoms in total. The third-order valence-electron chi connectivity index (χ3n) is 6.51. The number of aromatic carboxylic acids is 1. The number of aromatic nitrogens is 1. The fourth-order valence-corrected chi connectivity index (χ4v) is 4.67. The van der Waals surface area contributed by atoms with E-state index in [1.807, 2.05) is 0 Å². The minimum absolute atomic E-state index is 0.249. The van der Waals surface area contributed by atoms with Gasteiger partial charge in [0.1, 0.15) is 12.4 Å². The average Bonchev–Trinajstić information content (AvgIpc) is 3.23. The van der Waals surface area contributed by atoms with Crippen LogP contribution in [0.4, 0.5) is 0 Å². The summed E-state index contributed by atoms with van der Waals surface area (Å²) < 4.78 is 18.9. The summed E-state index contributed by atoms with van der Waals surface area (Å²) in [5.41, 5.74) is 2.96. The molecule has 1 aliphatic heterocycles. The maximum atomic E-state index is 11.1. The van der Waals surface area contributed by atoms with Crippen molar-refractivity contribution >= 4 is 16.9 Å². The van der Waals surface area contributed by atoms with Gasteiger partial charge >= 0.3 is 5.97 Å².